The molecule has 1 unspecified atom stereocenters. The number of hydrogen-bond acceptors (Lipinski definition) is 3. The summed E-state index contributed by atoms with van der Waals surface area (Å²) < 4.78 is 0. The lowest BCUT2D eigenvalue weighted by atomic mass is 9.91. The summed E-state index contributed by atoms with van der Waals surface area (Å²) in [6.45, 7) is 5.38. The van der Waals surface area contributed by atoms with Crippen molar-refractivity contribution >= 4 is 17.6 Å². The molecule has 2 atom stereocenters. The lowest BCUT2D eigenvalue weighted by Gasteiger charge is -2.43. The van der Waals surface area contributed by atoms with Crippen molar-refractivity contribution in [1.29, 1.82) is 0 Å². The van der Waals surface area contributed by atoms with E-state index in [9.17, 15) is 9.59 Å². The molecule has 5 rings (SSSR count). The first-order valence-electron chi connectivity index (χ1n) is 10.8. The first kappa shape index (κ1) is 18.0. The number of likely N-dealkylation sites (N-methyl/N-ethyl adjacent to an activating group) is 1. The van der Waals surface area contributed by atoms with E-state index in [2.05, 4.69) is 21.9 Å². The number of benzene rings is 1. The Bertz CT molecular complexity index is 752. The van der Waals surface area contributed by atoms with Crippen LogP contribution in [0.4, 0.5) is 10.5 Å². The van der Waals surface area contributed by atoms with Crippen LogP contribution < -0.4 is 4.90 Å². The highest BCUT2D eigenvalue weighted by Crippen LogP contribution is 2.49. The first-order chi connectivity index (χ1) is 13.6. The molecule has 1 aromatic rings. The minimum atomic E-state index is 0.0632. The van der Waals surface area contributed by atoms with Gasteiger partial charge in [-0.1, -0.05) is 18.6 Å². The number of amides is 3. The van der Waals surface area contributed by atoms with Crippen molar-refractivity contribution in [3.8, 4) is 0 Å². The highest BCUT2D eigenvalue weighted by Gasteiger charge is 2.46. The van der Waals surface area contributed by atoms with Gasteiger partial charge in [0.05, 0.1) is 0 Å². The lowest BCUT2D eigenvalue weighted by molar-refractivity contribution is -0.135. The van der Waals surface area contributed by atoms with Crippen molar-refractivity contribution in [3.05, 3.63) is 29.8 Å². The van der Waals surface area contributed by atoms with Crippen LogP contribution in [0.15, 0.2) is 24.3 Å². The van der Waals surface area contributed by atoms with Gasteiger partial charge in [0.1, 0.15) is 0 Å². The molecular formula is C22H30N4O2. The van der Waals surface area contributed by atoms with E-state index in [0.717, 1.165) is 57.4 Å². The van der Waals surface area contributed by atoms with Crippen LogP contribution in [-0.4, -0.2) is 79.0 Å². The molecule has 2 aliphatic carbocycles. The molecule has 6 nitrogen and oxygen atoms in total. The Labute approximate surface area is 167 Å². The summed E-state index contributed by atoms with van der Waals surface area (Å²) in [4.78, 5) is 33.3. The van der Waals surface area contributed by atoms with E-state index >= 15 is 0 Å². The summed E-state index contributed by atoms with van der Waals surface area (Å²) >= 11 is 0. The van der Waals surface area contributed by atoms with Crippen LogP contribution in [0, 0.1) is 5.92 Å². The average Bonchev–Trinajstić information content (AvgIpc) is 3.41. The second-order valence-electron chi connectivity index (χ2n) is 8.84. The van der Waals surface area contributed by atoms with Crippen LogP contribution in [0.3, 0.4) is 0 Å². The Balaban J connectivity index is 1.16. The molecule has 150 valence electrons. The van der Waals surface area contributed by atoms with Gasteiger partial charge in [-0.25, -0.2) is 4.79 Å². The summed E-state index contributed by atoms with van der Waals surface area (Å²) in [5.41, 5.74) is 2.18. The molecule has 0 aromatic heterocycles. The van der Waals surface area contributed by atoms with E-state index in [-0.39, 0.29) is 11.9 Å². The summed E-state index contributed by atoms with van der Waals surface area (Å²) in [6.07, 6.45) is 5.02. The SMILES string of the molecule is CN1CCN(c2ccc(C3C[C@@H]3C(=O)N3CCN(C4CCC4)CC3)cc2)C1=O. The van der Waals surface area contributed by atoms with Crippen molar-refractivity contribution in [2.24, 2.45) is 5.92 Å². The molecule has 28 heavy (non-hydrogen) atoms. The van der Waals surface area contributed by atoms with E-state index in [4.69, 9.17) is 0 Å². The molecule has 0 bridgehead atoms. The zero-order chi connectivity index (χ0) is 19.3. The molecule has 3 amide bonds. The van der Waals surface area contributed by atoms with E-state index < -0.39 is 0 Å². The van der Waals surface area contributed by atoms with Crippen LogP contribution in [0.1, 0.15) is 37.2 Å². The van der Waals surface area contributed by atoms with Crippen LogP contribution in [-0.2, 0) is 4.79 Å². The third-order valence-corrected chi connectivity index (χ3v) is 7.17. The molecular weight excluding hydrogens is 352 g/mol. The van der Waals surface area contributed by atoms with Gasteiger partial charge in [-0.05, 0) is 42.9 Å². The minimum Gasteiger partial charge on any atom is -0.340 e. The van der Waals surface area contributed by atoms with Crippen molar-refractivity contribution in [2.75, 3.05) is 51.2 Å². The van der Waals surface area contributed by atoms with Crippen molar-refractivity contribution in [1.82, 2.24) is 14.7 Å². The predicted octanol–water partition coefficient (Wildman–Crippen LogP) is 2.36. The number of urea groups is 1. The first-order valence-corrected chi connectivity index (χ1v) is 10.8. The monoisotopic (exact) mass is 382 g/mol. The number of piperazine rings is 1. The fourth-order valence-corrected chi connectivity index (χ4v) is 4.92. The third kappa shape index (κ3) is 3.17. The highest BCUT2D eigenvalue weighted by atomic mass is 16.2. The smallest absolute Gasteiger partial charge is 0.324 e. The Morgan fingerprint density at radius 3 is 2.25 bits per heavy atom. The summed E-state index contributed by atoms with van der Waals surface area (Å²) in [5, 5.41) is 0. The molecule has 2 heterocycles. The van der Waals surface area contributed by atoms with Crippen LogP contribution in [0.2, 0.25) is 0 Å². The number of hydrogen-bond donors (Lipinski definition) is 0. The maximum Gasteiger partial charge on any atom is 0.324 e. The number of carbonyl (C=O) groups is 2. The number of carbonyl (C=O) groups excluding carboxylic acids is 2. The van der Waals surface area contributed by atoms with Gasteiger partial charge in [0.25, 0.3) is 0 Å². The molecule has 1 aromatic carbocycles. The predicted molar refractivity (Wildman–Crippen MR) is 108 cm³/mol. The Hall–Kier alpha value is -2.08. The fourth-order valence-electron chi connectivity index (χ4n) is 4.92. The number of anilines is 1. The van der Waals surface area contributed by atoms with E-state index in [1.807, 2.05) is 24.1 Å². The minimum absolute atomic E-state index is 0.0632. The molecule has 2 aliphatic heterocycles. The van der Waals surface area contributed by atoms with Crippen molar-refractivity contribution < 1.29 is 9.59 Å². The van der Waals surface area contributed by atoms with Gasteiger partial charge in [0.15, 0.2) is 0 Å². The van der Waals surface area contributed by atoms with Gasteiger partial charge >= 0.3 is 6.03 Å². The van der Waals surface area contributed by atoms with Gasteiger partial charge in [0, 0.05) is 64.0 Å². The van der Waals surface area contributed by atoms with Crippen LogP contribution >= 0.6 is 0 Å². The maximum absolute atomic E-state index is 12.9. The van der Waals surface area contributed by atoms with Crippen molar-refractivity contribution in [3.63, 3.8) is 0 Å². The molecule has 4 aliphatic rings. The highest BCUT2D eigenvalue weighted by molar-refractivity contribution is 5.94. The normalized spacial score (nSPS) is 28.6. The molecule has 2 saturated heterocycles. The zero-order valence-corrected chi connectivity index (χ0v) is 16.7. The fraction of sp³-hybridized carbons (Fsp3) is 0.636. The van der Waals surface area contributed by atoms with Gasteiger partial charge in [0.2, 0.25) is 5.91 Å². The molecule has 0 spiro atoms. The molecule has 0 N–H and O–H groups in total. The van der Waals surface area contributed by atoms with E-state index in [0.29, 0.717) is 11.8 Å². The average molecular weight is 383 g/mol. The zero-order valence-electron chi connectivity index (χ0n) is 16.7. The number of rotatable bonds is 4. The third-order valence-electron chi connectivity index (χ3n) is 7.17. The van der Waals surface area contributed by atoms with Gasteiger partial charge in [-0.15, -0.1) is 0 Å². The van der Waals surface area contributed by atoms with Crippen LogP contribution in [0.5, 0.6) is 0 Å². The molecule has 2 saturated carbocycles. The second-order valence-corrected chi connectivity index (χ2v) is 8.84. The van der Waals surface area contributed by atoms with Crippen LogP contribution in [0.25, 0.3) is 0 Å². The lowest BCUT2D eigenvalue weighted by Crippen LogP contribution is -2.53. The summed E-state index contributed by atoms with van der Waals surface area (Å²) in [6, 6.07) is 9.12. The standard InChI is InChI=1S/C22H30N4O2/c1-23-9-14-26(22(23)28)18-7-5-16(6-8-18)19-15-20(19)21(27)25-12-10-24(11-13-25)17-3-2-4-17/h5-8,17,19-20H,2-4,9-15H2,1H3/t19?,20-/m0/s1. The van der Waals surface area contributed by atoms with Gasteiger partial charge in [-0.2, -0.15) is 0 Å². The van der Waals surface area contributed by atoms with Gasteiger partial charge in [-0.3, -0.25) is 14.6 Å². The van der Waals surface area contributed by atoms with Crippen molar-refractivity contribution in [2.45, 2.75) is 37.6 Å². The maximum atomic E-state index is 12.9. The van der Waals surface area contributed by atoms with E-state index in [1.54, 1.807) is 4.90 Å². The Morgan fingerprint density at radius 2 is 1.68 bits per heavy atom. The molecule has 4 fully saturated rings. The second kappa shape index (κ2) is 7.07. The quantitative estimate of drug-likeness (QED) is 0.803. The molecule has 6 heteroatoms. The Kier molecular flexibility index (Phi) is 4.54. The van der Waals surface area contributed by atoms with Gasteiger partial charge < -0.3 is 9.80 Å². The topological polar surface area (TPSA) is 47.1 Å². The molecule has 0 radical (unpaired) electrons. The largest absolute Gasteiger partial charge is 0.340 e. The van der Waals surface area contributed by atoms with E-state index in [1.165, 1.54) is 24.8 Å². The summed E-state index contributed by atoms with van der Waals surface area (Å²) in [5.74, 6) is 0.850. The Morgan fingerprint density at radius 1 is 0.964 bits per heavy atom. The number of nitrogens with zero attached hydrogens (tertiary/aromatic N) is 4. The summed E-state index contributed by atoms with van der Waals surface area (Å²) in [7, 11) is 1.84.